The largest absolute Gasteiger partial charge is 0.591 e. The molecule has 17 heavy (non-hydrogen) atoms. The molecule has 0 amide bonds. The Kier molecular flexibility index (Phi) is 4.69. The molecule has 0 bridgehead atoms. The van der Waals surface area contributed by atoms with Gasteiger partial charge in [0.1, 0.15) is 27.7 Å². The van der Waals surface area contributed by atoms with Crippen molar-refractivity contribution in [1.29, 1.82) is 0 Å². The first-order valence-corrected chi connectivity index (χ1v) is 6.72. The quantitative estimate of drug-likeness (QED) is 0.465. The molecule has 1 unspecified atom stereocenters. The Morgan fingerprint density at radius 3 is 2.18 bits per heavy atom. The molecule has 1 aromatic carbocycles. The highest BCUT2D eigenvalue weighted by Gasteiger charge is 2.25. The lowest BCUT2D eigenvalue weighted by Gasteiger charge is -2.17. The highest BCUT2D eigenvalue weighted by molar-refractivity contribution is 9.10. The molecule has 1 rings (SSSR count). The molecule has 6 heteroatoms. The third-order valence-corrected chi connectivity index (χ3v) is 3.93. The Balaban J connectivity index is 2.93. The Bertz CT molecular complexity index is 423. The minimum absolute atomic E-state index is 0.216. The Morgan fingerprint density at radius 1 is 1.29 bits per heavy atom. The van der Waals surface area contributed by atoms with Crippen LogP contribution in [0.2, 0.25) is 0 Å². The number of rotatable bonds is 2. The summed E-state index contributed by atoms with van der Waals surface area (Å²) < 4.78 is 41.0. The molecule has 0 saturated heterocycles. The second kappa shape index (κ2) is 5.46. The molecular formula is C11H12BrF2NOS. The van der Waals surface area contributed by atoms with Crippen molar-refractivity contribution in [2.45, 2.75) is 25.5 Å². The number of hydrogen-bond acceptors (Lipinski definition) is 2. The van der Waals surface area contributed by atoms with E-state index in [-0.39, 0.29) is 10.0 Å². The van der Waals surface area contributed by atoms with E-state index in [0.29, 0.717) is 0 Å². The van der Waals surface area contributed by atoms with Crippen molar-refractivity contribution in [3.05, 3.63) is 33.8 Å². The molecule has 1 aromatic rings. The van der Waals surface area contributed by atoms with Gasteiger partial charge in [-0.15, -0.1) is 0 Å². The molecule has 0 N–H and O–H groups in total. The van der Waals surface area contributed by atoms with Gasteiger partial charge in [-0.25, -0.2) is 8.78 Å². The molecule has 1 atom stereocenters. The van der Waals surface area contributed by atoms with Gasteiger partial charge in [0.2, 0.25) is 0 Å². The van der Waals surface area contributed by atoms with E-state index < -0.39 is 27.7 Å². The zero-order valence-corrected chi connectivity index (χ0v) is 12.0. The minimum Gasteiger partial charge on any atom is -0.591 e. The van der Waals surface area contributed by atoms with E-state index in [0.717, 1.165) is 12.1 Å². The van der Waals surface area contributed by atoms with Crippen molar-refractivity contribution < 1.29 is 13.3 Å². The zero-order chi connectivity index (χ0) is 13.2. The predicted octanol–water partition coefficient (Wildman–Crippen LogP) is 3.61. The summed E-state index contributed by atoms with van der Waals surface area (Å²) in [4.78, 5) is 0. The summed E-state index contributed by atoms with van der Waals surface area (Å²) >= 11 is 1.33. The second-order valence-electron chi connectivity index (χ2n) is 4.39. The van der Waals surface area contributed by atoms with Crippen LogP contribution >= 0.6 is 15.9 Å². The second-order valence-corrected chi connectivity index (χ2v) is 7.12. The van der Waals surface area contributed by atoms with Gasteiger partial charge in [-0.1, -0.05) is 4.40 Å². The monoisotopic (exact) mass is 323 g/mol. The van der Waals surface area contributed by atoms with E-state index in [4.69, 9.17) is 0 Å². The van der Waals surface area contributed by atoms with Crippen LogP contribution in [0, 0.1) is 11.6 Å². The van der Waals surface area contributed by atoms with Gasteiger partial charge in [0.05, 0.1) is 10.7 Å². The molecule has 0 heterocycles. The number of nitrogens with zero attached hydrogens (tertiary/aromatic N) is 1. The molecular weight excluding hydrogens is 312 g/mol. The van der Waals surface area contributed by atoms with Crippen molar-refractivity contribution in [3.8, 4) is 0 Å². The molecule has 0 aliphatic heterocycles. The molecule has 0 aromatic heterocycles. The van der Waals surface area contributed by atoms with E-state index in [2.05, 4.69) is 20.3 Å². The summed E-state index contributed by atoms with van der Waals surface area (Å²) in [7, 11) is 0. The first kappa shape index (κ1) is 14.6. The third kappa shape index (κ3) is 4.04. The highest BCUT2D eigenvalue weighted by Crippen LogP contribution is 2.21. The minimum atomic E-state index is -1.44. The van der Waals surface area contributed by atoms with E-state index in [1.165, 1.54) is 6.21 Å². The first-order chi connectivity index (χ1) is 7.71. The molecule has 0 fully saturated rings. The average molecular weight is 324 g/mol. The van der Waals surface area contributed by atoms with Crippen LogP contribution in [0.25, 0.3) is 0 Å². The van der Waals surface area contributed by atoms with Crippen LogP contribution in [-0.2, 0) is 11.4 Å². The predicted molar refractivity (Wildman–Crippen MR) is 69.5 cm³/mol. The van der Waals surface area contributed by atoms with Crippen LogP contribution in [0.1, 0.15) is 26.3 Å². The number of hydrogen-bond donors (Lipinski definition) is 0. The Hall–Kier alpha value is -0.460. The third-order valence-electron chi connectivity index (χ3n) is 1.83. The summed E-state index contributed by atoms with van der Waals surface area (Å²) in [6, 6.07) is 2.24. The van der Waals surface area contributed by atoms with E-state index >= 15 is 0 Å². The van der Waals surface area contributed by atoms with Crippen LogP contribution in [0.5, 0.6) is 0 Å². The van der Waals surface area contributed by atoms with Crippen molar-refractivity contribution in [2.24, 2.45) is 4.40 Å². The van der Waals surface area contributed by atoms with Crippen LogP contribution in [0.4, 0.5) is 8.78 Å². The Labute approximate surface area is 111 Å². The molecule has 2 nitrogen and oxygen atoms in total. The highest BCUT2D eigenvalue weighted by atomic mass is 79.9. The van der Waals surface area contributed by atoms with Crippen LogP contribution in [0.15, 0.2) is 21.0 Å². The van der Waals surface area contributed by atoms with Gasteiger partial charge in [0.15, 0.2) is 0 Å². The fourth-order valence-corrected chi connectivity index (χ4v) is 1.68. The van der Waals surface area contributed by atoms with Gasteiger partial charge in [-0.3, -0.25) is 0 Å². The van der Waals surface area contributed by atoms with Crippen LogP contribution in [-0.4, -0.2) is 15.5 Å². The summed E-state index contributed by atoms with van der Waals surface area (Å²) in [5.74, 6) is -1.43. The maximum absolute atomic E-state index is 13.2. The SMILES string of the molecule is CC(C)(C)[S+]([O-])N=Cc1cc(F)c(Br)c(F)c1. The lowest BCUT2D eigenvalue weighted by atomic mass is 10.2. The van der Waals surface area contributed by atoms with Gasteiger partial charge in [0.25, 0.3) is 0 Å². The zero-order valence-electron chi connectivity index (χ0n) is 9.63. The van der Waals surface area contributed by atoms with E-state index in [1.54, 1.807) is 20.8 Å². The summed E-state index contributed by atoms with van der Waals surface area (Å²) in [6.45, 7) is 5.30. The van der Waals surface area contributed by atoms with Gasteiger partial charge in [-0.2, -0.15) is 0 Å². The standard InChI is InChI=1S/C11H12BrF2NOS/c1-11(2,3)17(16)15-6-7-4-8(13)10(12)9(14)5-7/h4-6H,1-3H3. The average Bonchev–Trinajstić information content (AvgIpc) is 2.20. The summed E-state index contributed by atoms with van der Waals surface area (Å²) in [5.41, 5.74) is 0.237. The van der Waals surface area contributed by atoms with Gasteiger partial charge in [0, 0.05) is 5.56 Å². The fourth-order valence-electron chi connectivity index (χ4n) is 0.916. The molecule has 0 aliphatic carbocycles. The summed E-state index contributed by atoms with van der Waals surface area (Å²) in [5, 5.41) is 0. The van der Waals surface area contributed by atoms with E-state index in [1.807, 2.05) is 0 Å². The normalized spacial score (nSPS) is 14.3. The Morgan fingerprint density at radius 2 is 1.76 bits per heavy atom. The lowest BCUT2D eigenvalue weighted by Crippen LogP contribution is -2.25. The van der Waals surface area contributed by atoms with Gasteiger partial charge >= 0.3 is 0 Å². The van der Waals surface area contributed by atoms with Gasteiger partial charge in [-0.05, 0) is 48.8 Å². The van der Waals surface area contributed by atoms with Crippen molar-refractivity contribution in [1.82, 2.24) is 0 Å². The number of benzene rings is 1. The van der Waals surface area contributed by atoms with Crippen LogP contribution in [0.3, 0.4) is 0 Å². The molecule has 0 aliphatic rings. The number of halogens is 3. The maximum atomic E-state index is 13.2. The van der Waals surface area contributed by atoms with Crippen molar-refractivity contribution in [3.63, 3.8) is 0 Å². The van der Waals surface area contributed by atoms with E-state index in [9.17, 15) is 13.3 Å². The fraction of sp³-hybridized carbons (Fsp3) is 0.364. The molecule has 0 radical (unpaired) electrons. The maximum Gasteiger partial charge on any atom is 0.144 e. The first-order valence-electron chi connectivity index (χ1n) is 4.82. The van der Waals surface area contributed by atoms with Crippen LogP contribution < -0.4 is 0 Å². The molecule has 94 valence electrons. The van der Waals surface area contributed by atoms with Crippen molar-refractivity contribution in [2.75, 3.05) is 0 Å². The lowest BCUT2D eigenvalue weighted by molar-refractivity contribution is 0.561. The smallest absolute Gasteiger partial charge is 0.144 e. The van der Waals surface area contributed by atoms with Gasteiger partial charge < -0.3 is 4.55 Å². The molecule has 0 saturated carbocycles. The molecule has 0 spiro atoms. The topological polar surface area (TPSA) is 35.4 Å². The van der Waals surface area contributed by atoms with Crippen molar-refractivity contribution >= 4 is 33.5 Å². The summed E-state index contributed by atoms with van der Waals surface area (Å²) in [6.07, 6.45) is 1.21.